The Morgan fingerprint density at radius 1 is 1.18 bits per heavy atom. The Bertz CT molecular complexity index is 358. The first kappa shape index (κ1) is 15.7. The number of halogens is 2. The van der Waals surface area contributed by atoms with Crippen molar-refractivity contribution in [3.63, 3.8) is 0 Å². The molecule has 17 heavy (non-hydrogen) atoms. The zero-order chi connectivity index (χ0) is 13.3. The van der Waals surface area contributed by atoms with Gasteiger partial charge in [0.1, 0.15) is 0 Å². The molecule has 0 bridgehead atoms. The third-order valence-electron chi connectivity index (χ3n) is 2.41. The molecule has 0 spiro atoms. The molecule has 0 unspecified atom stereocenters. The summed E-state index contributed by atoms with van der Waals surface area (Å²) in [5.41, 5.74) is 0.522. The Kier molecular flexibility index (Phi) is 5.28. The van der Waals surface area contributed by atoms with Crippen molar-refractivity contribution in [3.05, 3.63) is 19.2 Å². The van der Waals surface area contributed by atoms with Crippen molar-refractivity contribution in [2.24, 2.45) is 5.41 Å². The lowest BCUT2D eigenvalue weighted by Crippen LogP contribution is -2.41. The molecular formula is C13H21Br2NS. The summed E-state index contributed by atoms with van der Waals surface area (Å²) in [6.07, 6.45) is 1.16. The largest absolute Gasteiger partial charge is 0.307 e. The number of hydrogen-bond acceptors (Lipinski definition) is 2. The Balaban J connectivity index is 2.55. The van der Waals surface area contributed by atoms with Gasteiger partial charge in [0, 0.05) is 21.4 Å². The molecular weight excluding hydrogens is 362 g/mol. The zero-order valence-corrected chi connectivity index (χ0v) is 15.1. The first-order chi connectivity index (χ1) is 7.59. The summed E-state index contributed by atoms with van der Waals surface area (Å²) in [6, 6.07) is 2.18. The molecule has 1 aromatic heterocycles. The van der Waals surface area contributed by atoms with E-state index in [1.807, 2.05) is 0 Å². The summed E-state index contributed by atoms with van der Waals surface area (Å²) in [7, 11) is 0. The van der Waals surface area contributed by atoms with Crippen LogP contribution in [-0.4, -0.2) is 5.54 Å². The molecule has 0 aliphatic carbocycles. The molecule has 98 valence electrons. The highest BCUT2D eigenvalue weighted by Gasteiger charge is 2.24. The first-order valence-corrected chi connectivity index (χ1v) is 8.18. The minimum Gasteiger partial charge on any atom is -0.307 e. The average molecular weight is 383 g/mol. The van der Waals surface area contributed by atoms with E-state index in [9.17, 15) is 0 Å². The quantitative estimate of drug-likeness (QED) is 0.716. The van der Waals surface area contributed by atoms with Crippen molar-refractivity contribution < 1.29 is 0 Å². The van der Waals surface area contributed by atoms with Crippen molar-refractivity contribution in [1.29, 1.82) is 0 Å². The second-order valence-electron chi connectivity index (χ2n) is 6.31. The minimum absolute atomic E-state index is 0.168. The van der Waals surface area contributed by atoms with Crippen LogP contribution in [0.15, 0.2) is 14.3 Å². The van der Waals surface area contributed by atoms with Gasteiger partial charge in [-0.25, -0.2) is 0 Å². The molecule has 0 saturated carbocycles. The van der Waals surface area contributed by atoms with Gasteiger partial charge in [-0.2, -0.15) is 0 Å². The molecule has 0 aliphatic rings. The summed E-state index contributed by atoms with van der Waals surface area (Å²) in [5, 5.41) is 3.64. The predicted molar refractivity (Wildman–Crippen MR) is 84.7 cm³/mol. The smallest absolute Gasteiger partial charge is 0.0843 e. The van der Waals surface area contributed by atoms with E-state index in [0.29, 0.717) is 5.41 Å². The molecule has 1 heterocycles. The normalized spacial score (nSPS) is 13.1. The second kappa shape index (κ2) is 5.72. The summed E-state index contributed by atoms with van der Waals surface area (Å²) >= 11 is 8.83. The molecule has 1 aromatic rings. The molecule has 0 radical (unpaired) electrons. The van der Waals surface area contributed by atoms with Gasteiger partial charge in [-0.3, -0.25) is 0 Å². The van der Waals surface area contributed by atoms with Crippen LogP contribution in [0, 0.1) is 5.41 Å². The van der Waals surface area contributed by atoms with E-state index >= 15 is 0 Å². The monoisotopic (exact) mass is 381 g/mol. The molecule has 1 rings (SSSR count). The maximum Gasteiger partial charge on any atom is 0.0843 e. The van der Waals surface area contributed by atoms with Crippen LogP contribution in [0.4, 0.5) is 0 Å². The number of thiophene rings is 1. The fourth-order valence-corrected chi connectivity index (χ4v) is 4.31. The van der Waals surface area contributed by atoms with Gasteiger partial charge in [-0.15, -0.1) is 11.3 Å². The SMILES string of the molecule is CC(C)(C)CC(C)(C)NCc1cc(Br)c(Br)s1. The highest BCUT2D eigenvalue weighted by molar-refractivity contribution is 9.13. The van der Waals surface area contributed by atoms with E-state index < -0.39 is 0 Å². The Labute approximate surface area is 126 Å². The summed E-state index contributed by atoms with van der Waals surface area (Å²) < 4.78 is 2.32. The van der Waals surface area contributed by atoms with Crippen molar-refractivity contribution in [2.75, 3.05) is 0 Å². The van der Waals surface area contributed by atoms with Crippen LogP contribution in [0.3, 0.4) is 0 Å². The Hall–Kier alpha value is 0.620. The topological polar surface area (TPSA) is 12.0 Å². The van der Waals surface area contributed by atoms with Crippen LogP contribution in [0.5, 0.6) is 0 Å². The van der Waals surface area contributed by atoms with Crippen LogP contribution in [0.2, 0.25) is 0 Å². The van der Waals surface area contributed by atoms with E-state index in [2.05, 4.69) is 77.9 Å². The Morgan fingerprint density at radius 2 is 1.76 bits per heavy atom. The fourth-order valence-electron chi connectivity index (χ4n) is 2.19. The minimum atomic E-state index is 0.168. The van der Waals surface area contributed by atoms with Gasteiger partial charge in [0.15, 0.2) is 0 Å². The van der Waals surface area contributed by atoms with Gasteiger partial charge < -0.3 is 5.32 Å². The van der Waals surface area contributed by atoms with Crippen LogP contribution in [0.25, 0.3) is 0 Å². The molecule has 0 aromatic carbocycles. The number of hydrogen-bond donors (Lipinski definition) is 1. The van der Waals surface area contributed by atoms with E-state index in [-0.39, 0.29) is 5.54 Å². The van der Waals surface area contributed by atoms with Gasteiger partial charge in [0.05, 0.1) is 3.79 Å². The van der Waals surface area contributed by atoms with Crippen molar-refractivity contribution in [1.82, 2.24) is 5.32 Å². The lowest BCUT2D eigenvalue weighted by molar-refractivity contribution is 0.241. The van der Waals surface area contributed by atoms with Crippen LogP contribution in [0.1, 0.15) is 45.9 Å². The highest BCUT2D eigenvalue weighted by Crippen LogP contribution is 2.33. The van der Waals surface area contributed by atoms with E-state index in [1.165, 1.54) is 8.66 Å². The molecule has 4 heteroatoms. The molecule has 1 N–H and O–H groups in total. The molecule has 0 saturated heterocycles. The lowest BCUT2D eigenvalue weighted by Gasteiger charge is -2.33. The van der Waals surface area contributed by atoms with E-state index in [0.717, 1.165) is 17.4 Å². The fraction of sp³-hybridized carbons (Fsp3) is 0.692. The summed E-state index contributed by atoms with van der Waals surface area (Å²) in [6.45, 7) is 12.3. The molecule has 0 atom stereocenters. The zero-order valence-electron chi connectivity index (χ0n) is 11.2. The standard InChI is InChI=1S/C13H21Br2NS/c1-12(2,3)8-13(4,5)16-7-9-6-10(14)11(15)17-9/h6,16H,7-8H2,1-5H3. The first-order valence-electron chi connectivity index (χ1n) is 5.78. The third kappa shape index (κ3) is 5.86. The lowest BCUT2D eigenvalue weighted by atomic mass is 9.82. The average Bonchev–Trinajstić information content (AvgIpc) is 2.39. The van der Waals surface area contributed by atoms with Crippen LogP contribution < -0.4 is 5.32 Å². The van der Waals surface area contributed by atoms with E-state index in [1.54, 1.807) is 11.3 Å². The van der Waals surface area contributed by atoms with Gasteiger partial charge >= 0.3 is 0 Å². The second-order valence-corrected chi connectivity index (χ2v) is 9.62. The molecule has 0 aliphatic heterocycles. The maximum atomic E-state index is 3.64. The van der Waals surface area contributed by atoms with Gasteiger partial charge in [-0.1, -0.05) is 20.8 Å². The third-order valence-corrected chi connectivity index (χ3v) is 5.67. The van der Waals surface area contributed by atoms with Crippen LogP contribution >= 0.6 is 43.2 Å². The summed E-state index contributed by atoms with van der Waals surface area (Å²) in [4.78, 5) is 1.35. The van der Waals surface area contributed by atoms with E-state index in [4.69, 9.17) is 0 Å². The maximum absolute atomic E-state index is 3.64. The molecule has 0 amide bonds. The van der Waals surface area contributed by atoms with Gasteiger partial charge in [-0.05, 0) is 63.6 Å². The van der Waals surface area contributed by atoms with Crippen molar-refractivity contribution in [3.8, 4) is 0 Å². The Morgan fingerprint density at radius 3 is 2.18 bits per heavy atom. The molecule has 0 fully saturated rings. The predicted octanol–water partition coefficient (Wildman–Crippen LogP) is 5.58. The van der Waals surface area contributed by atoms with Gasteiger partial charge in [0.2, 0.25) is 0 Å². The van der Waals surface area contributed by atoms with Crippen molar-refractivity contribution >= 4 is 43.2 Å². The van der Waals surface area contributed by atoms with Crippen molar-refractivity contribution in [2.45, 2.75) is 53.1 Å². The van der Waals surface area contributed by atoms with Gasteiger partial charge in [0.25, 0.3) is 0 Å². The van der Waals surface area contributed by atoms with Crippen LogP contribution in [-0.2, 0) is 6.54 Å². The number of rotatable bonds is 4. The number of nitrogens with one attached hydrogen (secondary N) is 1. The highest BCUT2D eigenvalue weighted by atomic mass is 79.9. The molecule has 1 nitrogen and oxygen atoms in total. The summed E-state index contributed by atoms with van der Waals surface area (Å²) in [5.74, 6) is 0.